The Morgan fingerprint density at radius 3 is 2.66 bits per heavy atom. The molecule has 1 aliphatic rings. The van der Waals surface area contributed by atoms with Crippen LogP contribution in [0.25, 0.3) is 33.4 Å². The third-order valence-corrected chi connectivity index (χ3v) is 5.23. The van der Waals surface area contributed by atoms with Crippen molar-refractivity contribution < 1.29 is 14.3 Å². The van der Waals surface area contributed by atoms with Crippen molar-refractivity contribution in [3.05, 3.63) is 83.3 Å². The van der Waals surface area contributed by atoms with E-state index in [0.717, 1.165) is 22.4 Å². The zero-order valence-electron chi connectivity index (χ0n) is 15.2. The molecule has 0 radical (unpaired) electrons. The first-order valence-electron chi connectivity index (χ1n) is 9.02. The van der Waals surface area contributed by atoms with Crippen LogP contribution >= 0.6 is 12.4 Å². The van der Waals surface area contributed by atoms with Gasteiger partial charge in [-0.15, -0.1) is 12.4 Å². The third-order valence-electron chi connectivity index (χ3n) is 5.23. The van der Waals surface area contributed by atoms with E-state index >= 15 is 0 Å². The summed E-state index contributed by atoms with van der Waals surface area (Å²) >= 11 is 0. The van der Waals surface area contributed by atoms with Crippen LogP contribution in [0.1, 0.15) is 21.5 Å². The van der Waals surface area contributed by atoms with Gasteiger partial charge in [0.15, 0.2) is 0 Å². The number of rotatable bonds is 2. The van der Waals surface area contributed by atoms with Gasteiger partial charge in [0.2, 0.25) is 0 Å². The lowest BCUT2D eigenvalue weighted by molar-refractivity contribution is 0.0698. The van der Waals surface area contributed by atoms with Crippen molar-refractivity contribution >= 4 is 29.3 Å². The van der Waals surface area contributed by atoms with Gasteiger partial charge in [-0.2, -0.15) is 0 Å². The molecule has 6 heteroatoms. The summed E-state index contributed by atoms with van der Waals surface area (Å²) in [6.45, 7) is 0. The summed E-state index contributed by atoms with van der Waals surface area (Å²) in [5.74, 6) is -1.52. The minimum absolute atomic E-state index is 0. The van der Waals surface area contributed by atoms with E-state index in [4.69, 9.17) is 4.98 Å². The normalized spacial score (nSPS) is 12.0. The zero-order chi connectivity index (χ0) is 19.3. The molecule has 0 saturated carbocycles. The molecule has 29 heavy (non-hydrogen) atoms. The van der Waals surface area contributed by atoms with Crippen LogP contribution in [0.5, 0.6) is 0 Å². The number of fused-ring (bicyclic) bond motifs is 4. The fourth-order valence-corrected chi connectivity index (χ4v) is 3.97. The van der Waals surface area contributed by atoms with Crippen molar-refractivity contribution in [2.45, 2.75) is 12.8 Å². The molecule has 1 aliphatic carbocycles. The summed E-state index contributed by atoms with van der Waals surface area (Å²) in [6, 6.07) is 15.9. The molecular weight excluding hydrogens is 391 g/mol. The van der Waals surface area contributed by atoms with Gasteiger partial charge in [0.1, 0.15) is 5.82 Å². The molecule has 0 amide bonds. The molecule has 0 saturated heterocycles. The predicted molar refractivity (Wildman–Crippen MR) is 112 cm³/mol. The van der Waals surface area contributed by atoms with Crippen LogP contribution in [0.15, 0.2) is 60.8 Å². The van der Waals surface area contributed by atoms with Gasteiger partial charge in [-0.1, -0.05) is 18.2 Å². The second-order valence-electron chi connectivity index (χ2n) is 6.87. The fraction of sp³-hybridized carbons (Fsp3) is 0.0870. The molecule has 2 heterocycles. The lowest BCUT2D eigenvalue weighted by Gasteiger charge is -2.22. The SMILES string of the molecule is Cl.O=C(O)c1c2c(nc3ccc(F)cc13)-c1ccc(-c3ccccn3)cc1CC2. The summed E-state index contributed by atoms with van der Waals surface area (Å²) in [7, 11) is 0. The minimum Gasteiger partial charge on any atom is -0.478 e. The van der Waals surface area contributed by atoms with Gasteiger partial charge < -0.3 is 5.11 Å². The van der Waals surface area contributed by atoms with E-state index in [0.29, 0.717) is 35.0 Å². The van der Waals surface area contributed by atoms with Crippen LogP contribution in [0, 0.1) is 5.82 Å². The van der Waals surface area contributed by atoms with Crippen LogP contribution in [0.2, 0.25) is 0 Å². The Hall–Kier alpha value is -3.31. The maximum absolute atomic E-state index is 13.7. The summed E-state index contributed by atoms with van der Waals surface area (Å²) < 4.78 is 13.7. The highest BCUT2D eigenvalue weighted by molar-refractivity contribution is 6.06. The first-order chi connectivity index (χ1) is 13.6. The molecule has 0 fully saturated rings. The molecule has 0 atom stereocenters. The lowest BCUT2D eigenvalue weighted by atomic mass is 9.84. The van der Waals surface area contributed by atoms with E-state index in [2.05, 4.69) is 11.1 Å². The van der Waals surface area contributed by atoms with Crippen molar-refractivity contribution in [3.63, 3.8) is 0 Å². The number of halogens is 2. The molecule has 0 aliphatic heterocycles. The number of pyridine rings is 2. The van der Waals surface area contributed by atoms with Crippen molar-refractivity contribution in [1.29, 1.82) is 0 Å². The molecule has 5 rings (SSSR count). The molecule has 0 spiro atoms. The lowest BCUT2D eigenvalue weighted by Crippen LogP contribution is -2.13. The number of aryl methyl sites for hydroxylation is 1. The second kappa shape index (κ2) is 7.26. The van der Waals surface area contributed by atoms with E-state index in [9.17, 15) is 14.3 Å². The predicted octanol–water partition coefficient (Wildman–Crippen LogP) is 5.32. The Balaban J connectivity index is 0.00000205. The highest BCUT2D eigenvalue weighted by atomic mass is 35.5. The van der Waals surface area contributed by atoms with Crippen LogP contribution < -0.4 is 0 Å². The Bertz CT molecular complexity index is 1260. The molecule has 1 N–H and O–H groups in total. The molecule has 2 aromatic carbocycles. The highest BCUT2D eigenvalue weighted by Gasteiger charge is 2.26. The average molecular weight is 407 g/mol. The number of nitrogens with zero attached hydrogens (tertiary/aromatic N) is 2. The fourth-order valence-electron chi connectivity index (χ4n) is 3.97. The molecular formula is C23H16ClFN2O2. The summed E-state index contributed by atoms with van der Waals surface area (Å²) in [6.07, 6.45) is 3.01. The van der Waals surface area contributed by atoms with E-state index in [-0.39, 0.29) is 18.0 Å². The van der Waals surface area contributed by atoms with Gasteiger partial charge in [-0.25, -0.2) is 14.2 Å². The Morgan fingerprint density at radius 1 is 1.03 bits per heavy atom. The Labute approximate surface area is 172 Å². The number of aromatic carboxylic acids is 1. The van der Waals surface area contributed by atoms with Crippen molar-refractivity contribution in [1.82, 2.24) is 9.97 Å². The van der Waals surface area contributed by atoms with Gasteiger partial charge in [0.05, 0.1) is 22.5 Å². The number of aromatic nitrogens is 2. The number of hydrogen-bond acceptors (Lipinski definition) is 3. The van der Waals surface area contributed by atoms with Gasteiger partial charge in [0, 0.05) is 22.7 Å². The first kappa shape index (κ1) is 19.0. The molecule has 4 aromatic rings. The van der Waals surface area contributed by atoms with E-state index < -0.39 is 11.8 Å². The minimum atomic E-state index is -1.05. The van der Waals surface area contributed by atoms with Gasteiger partial charge >= 0.3 is 5.97 Å². The van der Waals surface area contributed by atoms with Crippen LogP contribution in [-0.4, -0.2) is 21.0 Å². The molecule has 0 unspecified atom stereocenters. The van der Waals surface area contributed by atoms with E-state index in [1.54, 1.807) is 6.20 Å². The smallest absolute Gasteiger partial charge is 0.336 e. The van der Waals surface area contributed by atoms with E-state index in [1.165, 1.54) is 18.2 Å². The Kier molecular flexibility index (Phi) is 4.76. The highest BCUT2D eigenvalue weighted by Crippen LogP contribution is 2.38. The summed E-state index contributed by atoms with van der Waals surface area (Å²) in [5.41, 5.74) is 5.93. The quantitative estimate of drug-likeness (QED) is 0.489. The molecule has 2 aromatic heterocycles. The maximum atomic E-state index is 13.7. The zero-order valence-corrected chi connectivity index (χ0v) is 16.0. The monoisotopic (exact) mass is 406 g/mol. The van der Waals surface area contributed by atoms with Crippen LogP contribution in [0.3, 0.4) is 0 Å². The first-order valence-corrected chi connectivity index (χ1v) is 9.02. The van der Waals surface area contributed by atoms with Gasteiger partial charge in [-0.3, -0.25) is 4.98 Å². The summed E-state index contributed by atoms with van der Waals surface area (Å²) in [5, 5.41) is 10.2. The summed E-state index contributed by atoms with van der Waals surface area (Å²) in [4.78, 5) is 21.1. The number of hydrogen-bond donors (Lipinski definition) is 1. The second-order valence-corrected chi connectivity index (χ2v) is 6.87. The Morgan fingerprint density at radius 2 is 1.90 bits per heavy atom. The maximum Gasteiger partial charge on any atom is 0.336 e. The number of carbonyl (C=O) groups is 1. The number of carboxylic acids is 1. The van der Waals surface area contributed by atoms with Crippen LogP contribution in [0.4, 0.5) is 4.39 Å². The molecule has 0 bridgehead atoms. The van der Waals surface area contributed by atoms with Crippen molar-refractivity contribution in [2.75, 3.05) is 0 Å². The van der Waals surface area contributed by atoms with Crippen molar-refractivity contribution in [3.8, 4) is 22.5 Å². The van der Waals surface area contributed by atoms with Gasteiger partial charge in [0.25, 0.3) is 0 Å². The number of benzene rings is 2. The topological polar surface area (TPSA) is 63.1 Å². The third kappa shape index (κ3) is 3.13. The molecule has 144 valence electrons. The van der Waals surface area contributed by atoms with Gasteiger partial charge in [-0.05, 0) is 60.4 Å². The van der Waals surface area contributed by atoms with Crippen LogP contribution in [-0.2, 0) is 12.8 Å². The van der Waals surface area contributed by atoms with Crippen molar-refractivity contribution in [2.24, 2.45) is 0 Å². The largest absolute Gasteiger partial charge is 0.478 e. The number of carboxylic acid groups (broad SMARTS) is 1. The standard InChI is InChI=1S/C23H15FN2O2.ClH/c24-15-6-9-20-18(12-15)21(23(27)28)17-8-4-13-11-14(19-3-1-2-10-25-19)5-7-16(13)22(17)26-20;/h1-3,5-7,9-12H,4,8H2,(H,27,28);1H. The average Bonchev–Trinajstić information content (AvgIpc) is 2.72. The van der Waals surface area contributed by atoms with E-state index in [1.807, 2.05) is 30.3 Å². The molecule has 4 nitrogen and oxygen atoms in total.